The van der Waals surface area contributed by atoms with Crippen LogP contribution >= 0.6 is 22.7 Å². The van der Waals surface area contributed by atoms with E-state index in [4.69, 9.17) is 4.74 Å². The molecule has 0 saturated carbocycles. The Morgan fingerprint density at radius 2 is 2.17 bits per heavy atom. The van der Waals surface area contributed by atoms with Gasteiger partial charge in [-0.25, -0.2) is 4.79 Å². The lowest BCUT2D eigenvalue weighted by atomic mass is 9.95. The third-order valence-corrected chi connectivity index (χ3v) is 5.87. The van der Waals surface area contributed by atoms with Crippen LogP contribution in [0.5, 0.6) is 0 Å². The zero-order chi connectivity index (χ0) is 16.9. The van der Waals surface area contributed by atoms with Crippen molar-refractivity contribution in [3.63, 3.8) is 0 Å². The first-order chi connectivity index (χ1) is 11.7. The van der Waals surface area contributed by atoms with Gasteiger partial charge in [-0.3, -0.25) is 4.79 Å². The summed E-state index contributed by atoms with van der Waals surface area (Å²) in [6, 6.07) is 3.89. The van der Waals surface area contributed by atoms with E-state index in [9.17, 15) is 9.59 Å². The standard InChI is InChI=1S/C18H19NO3S2/c1-2-22-18(21)16-13-7-3-4-8-14(13)24-17(16)19-15(20)10-9-12-6-5-11-23-12/h5-6,9-11H,2-4,7-8H2,1H3,(H,19,20). The maximum Gasteiger partial charge on any atom is 0.341 e. The monoisotopic (exact) mass is 361 g/mol. The Kier molecular flexibility index (Phi) is 5.48. The minimum absolute atomic E-state index is 0.229. The van der Waals surface area contributed by atoms with Gasteiger partial charge in [0.15, 0.2) is 0 Å². The van der Waals surface area contributed by atoms with Crippen LogP contribution in [0.2, 0.25) is 0 Å². The number of carbonyl (C=O) groups is 2. The number of thiophene rings is 2. The van der Waals surface area contributed by atoms with E-state index in [1.807, 2.05) is 17.5 Å². The minimum atomic E-state index is -0.338. The summed E-state index contributed by atoms with van der Waals surface area (Å²) in [6.45, 7) is 2.12. The summed E-state index contributed by atoms with van der Waals surface area (Å²) >= 11 is 3.07. The van der Waals surface area contributed by atoms with E-state index in [-0.39, 0.29) is 11.9 Å². The normalized spacial score (nSPS) is 13.7. The first kappa shape index (κ1) is 16.9. The first-order valence-electron chi connectivity index (χ1n) is 8.03. The molecule has 0 fully saturated rings. The number of hydrogen-bond donors (Lipinski definition) is 1. The second-order valence-corrected chi connectivity index (χ2v) is 7.56. The molecular weight excluding hydrogens is 342 g/mol. The van der Waals surface area contributed by atoms with Gasteiger partial charge in [0.25, 0.3) is 0 Å². The molecule has 6 heteroatoms. The zero-order valence-corrected chi connectivity index (χ0v) is 15.1. The number of aryl methyl sites for hydroxylation is 1. The summed E-state index contributed by atoms with van der Waals surface area (Å²) in [7, 11) is 0. The van der Waals surface area contributed by atoms with E-state index < -0.39 is 0 Å². The van der Waals surface area contributed by atoms with E-state index in [1.54, 1.807) is 24.3 Å². The molecule has 2 aromatic rings. The highest BCUT2D eigenvalue weighted by atomic mass is 32.1. The number of ether oxygens (including phenoxy) is 1. The van der Waals surface area contributed by atoms with Crippen molar-refractivity contribution in [1.29, 1.82) is 0 Å². The predicted octanol–water partition coefficient (Wildman–Crippen LogP) is 4.52. The van der Waals surface area contributed by atoms with Gasteiger partial charge >= 0.3 is 5.97 Å². The Labute approximate surface area is 149 Å². The summed E-state index contributed by atoms with van der Waals surface area (Å²) in [6.07, 6.45) is 7.31. The smallest absolute Gasteiger partial charge is 0.341 e. The number of anilines is 1. The highest BCUT2D eigenvalue weighted by Gasteiger charge is 2.26. The second kappa shape index (κ2) is 7.77. The van der Waals surface area contributed by atoms with Crippen LogP contribution in [0.3, 0.4) is 0 Å². The summed E-state index contributed by atoms with van der Waals surface area (Å²) in [5.74, 6) is -0.568. The van der Waals surface area contributed by atoms with Gasteiger partial charge < -0.3 is 10.1 Å². The fourth-order valence-corrected chi connectivity index (χ4v) is 4.67. The molecule has 2 heterocycles. The predicted molar refractivity (Wildman–Crippen MR) is 98.9 cm³/mol. The molecule has 0 unspecified atom stereocenters. The zero-order valence-electron chi connectivity index (χ0n) is 13.5. The van der Waals surface area contributed by atoms with Crippen molar-refractivity contribution < 1.29 is 14.3 Å². The van der Waals surface area contributed by atoms with E-state index in [2.05, 4.69) is 5.32 Å². The molecule has 0 atom stereocenters. The summed E-state index contributed by atoms with van der Waals surface area (Å²) in [5.41, 5.74) is 1.61. The highest BCUT2D eigenvalue weighted by Crippen LogP contribution is 2.38. The van der Waals surface area contributed by atoms with Gasteiger partial charge in [-0.1, -0.05) is 6.07 Å². The van der Waals surface area contributed by atoms with Crippen LogP contribution in [-0.2, 0) is 22.4 Å². The van der Waals surface area contributed by atoms with E-state index in [0.717, 1.165) is 36.1 Å². The molecule has 0 aromatic carbocycles. The van der Waals surface area contributed by atoms with Gasteiger partial charge in [-0.15, -0.1) is 22.7 Å². The van der Waals surface area contributed by atoms with Crippen LogP contribution in [0.4, 0.5) is 5.00 Å². The number of carbonyl (C=O) groups excluding carboxylic acids is 2. The van der Waals surface area contributed by atoms with Crippen LogP contribution in [0.1, 0.15) is 45.4 Å². The summed E-state index contributed by atoms with van der Waals surface area (Å²) < 4.78 is 5.19. The third-order valence-electron chi connectivity index (χ3n) is 3.83. The van der Waals surface area contributed by atoms with E-state index in [0.29, 0.717) is 17.2 Å². The van der Waals surface area contributed by atoms with Gasteiger partial charge in [-0.2, -0.15) is 0 Å². The van der Waals surface area contributed by atoms with Crippen molar-refractivity contribution in [1.82, 2.24) is 0 Å². The second-order valence-electron chi connectivity index (χ2n) is 5.47. The highest BCUT2D eigenvalue weighted by molar-refractivity contribution is 7.17. The Hall–Kier alpha value is -1.92. The molecule has 0 bridgehead atoms. The van der Waals surface area contributed by atoms with Crippen LogP contribution in [0.25, 0.3) is 6.08 Å². The van der Waals surface area contributed by atoms with Crippen LogP contribution in [-0.4, -0.2) is 18.5 Å². The Balaban J connectivity index is 1.82. The lowest BCUT2D eigenvalue weighted by Crippen LogP contribution is -2.14. The number of amides is 1. The Bertz CT molecular complexity index is 760. The molecule has 1 aliphatic carbocycles. The average molecular weight is 361 g/mol. The van der Waals surface area contributed by atoms with Crippen LogP contribution in [0, 0.1) is 0 Å². The van der Waals surface area contributed by atoms with Crippen molar-refractivity contribution in [3.05, 3.63) is 44.5 Å². The first-order valence-corrected chi connectivity index (χ1v) is 9.73. The number of esters is 1. The average Bonchev–Trinajstić information content (AvgIpc) is 3.20. The SMILES string of the molecule is CCOC(=O)c1c(NC(=O)C=Cc2cccs2)sc2c1CCCC2. The van der Waals surface area contributed by atoms with Crippen molar-refractivity contribution in [2.45, 2.75) is 32.6 Å². The number of hydrogen-bond acceptors (Lipinski definition) is 5. The quantitative estimate of drug-likeness (QED) is 0.629. The number of fused-ring (bicyclic) bond motifs is 1. The Morgan fingerprint density at radius 1 is 1.33 bits per heavy atom. The molecular formula is C18H19NO3S2. The van der Waals surface area contributed by atoms with Gasteiger partial charge in [0.1, 0.15) is 5.00 Å². The lowest BCUT2D eigenvalue weighted by Gasteiger charge is -2.12. The maximum absolute atomic E-state index is 12.3. The van der Waals surface area contributed by atoms with Gasteiger partial charge in [0.05, 0.1) is 12.2 Å². The number of nitrogens with one attached hydrogen (secondary N) is 1. The maximum atomic E-state index is 12.3. The molecule has 4 nitrogen and oxygen atoms in total. The fourth-order valence-electron chi connectivity index (χ4n) is 2.77. The summed E-state index contributed by atoms with van der Waals surface area (Å²) in [5, 5.41) is 5.44. The van der Waals surface area contributed by atoms with E-state index in [1.165, 1.54) is 22.3 Å². The molecule has 1 amide bonds. The Morgan fingerprint density at radius 3 is 2.92 bits per heavy atom. The van der Waals surface area contributed by atoms with Gasteiger partial charge in [0.2, 0.25) is 5.91 Å². The van der Waals surface area contributed by atoms with Gasteiger partial charge in [-0.05, 0) is 55.7 Å². The summed E-state index contributed by atoms with van der Waals surface area (Å²) in [4.78, 5) is 26.8. The third kappa shape index (κ3) is 3.76. The van der Waals surface area contributed by atoms with Crippen molar-refractivity contribution in [2.75, 3.05) is 11.9 Å². The molecule has 3 rings (SSSR count). The van der Waals surface area contributed by atoms with Crippen LogP contribution in [0.15, 0.2) is 23.6 Å². The molecule has 0 radical (unpaired) electrons. The lowest BCUT2D eigenvalue weighted by molar-refractivity contribution is -0.111. The fraction of sp³-hybridized carbons (Fsp3) is 0.333. The van der Waals surface area contributed by atoms with Crippen molar-refractivity contribution in [3.8, 4) is 0 Å². The van der Waals surface area contributed by atoms with Gasteiger partial charge in [0, 0.05) is 15.8 Å². The molecule has 0 aliphatic heterocycles. The number of rotatable bonds is 5. The minimum Gasteiger partial charge on any atom is -0.462 e. The van der Waals surface area contributed by atoms with Crippen molar-refractivity contribution >= 4 is 45.6 Å². The largest absolute Gasteiger partial charge is 0.462 e. The molecule has 0 spiro atoms. The van der Waals surface area contributed by atoms with Crippen molar-refractivity contribution in [2.24, 2.45) is 0 Å². The molecule has 2 aromatic heterocycles. The topological polar surface area (TPSA) is 55.4 Å². The molecule has 0 saturated heterocycles. The van der Waals surface area contributed by atoms with Crippen LogP contribution < -0.4 is 5.32 Å². The molecule has 1 aliphatic rings. The molecule has 1 N–H and O–H groups in total. The molecule has 24 heavy (non-hydrogen) atoms. The van der Waals surface area contributed by atoms with E-state index >= 15 is 0 Å². The molecule has 126 valence electrons.